The number of nitrogens with one attached hydrogen (secondary N) is 1. The maximum atomic E-state index is 5.82. The summed E-state index contributed by atoms with van der Waals surface area (Å²) >= 11 is 5.80. The molecule has 124 valence electrons. The van der Waals surface area contributed by atoms with Gasteiger partial charge in [0.05, 0.1) is 13.7 Å². The molecule has 0 spiro atoms. The molecular formula is C16H19ClIN3O2. The van der Waals surface area contributed by atoms with Gasteiger partial charge < -0.3 is 20.5 Å². The van der Waals surface area contributed by atoms with E-state index in [-0.39, 0.29) is 24.0 Å². The van der Waals surface area contributed by atoms with E-state index in [9.17, 15) is 0 Å². The normalized spacial score (nSPS) is 10.6. The average Bonchev–Trinajstić information content (AvgIpc) is 2.53. The van der Waals surface area contributed by atoms with Crippen molar-refractivity contribution in [2.75, 3.05) is 25.6 Å². The molecule has 5 nitrogen and oxygen atoms in total. The van der Waals surface area contributed by atoms with Crippen molar-refractivity contribution in [1.29, 1.82) is 0 Å². The number of guanidine groups is 1. The van der Waals surface area contributed by atoms with Crippen molar-refractivity contribution in [2.24, 2.45) is 10.7 Å². The van der Waals surface area contributed by atoms with Gasteiger partial charge in [-0.25, -0.2) is 4.99 Å². The number of benzene rings is 2. The van der Waals surface area contributed by atoms with Gasteiger partial charge in [0.1, 0.15) is 18.1 Å². The van der Waals surface area contributed by atoms with Gasteiger partial charge >= 0.3 is 0 Å². The summed E-state index contributed by atoms with van der Waals surface area (Å²) in [7, 11) is 1.62. The smallest absolute Gasteiger partial charge is 0.193 e. The minimum atomic E-state index is 0. The number of halogens is 2. The fraction of sp³-hybridized carbons (Fsp3) is 0.188. The van der Waals surface area contributed by atoms with E-state index in [0.717, 1.165) is 17.2 Å². The van der Waals surface area contributed by atoms with E-state index in [1.807, 2.05) is 36.4 Å². The van der Waals surface area contributed by atoms with Gasteiger partial charge in [0, 0.05) is 16.8 Å². The van der Waals surface area contributed by atoms with Gasteiger partial charge in [-0.2, -0.15) is 0 Å². The number of hydrogen-bond acceptors (Lipinski definition) is 3. The summed E-state index contributed by atoms with van der Waals surface area (Å²) in [6.07, 6.45) is 0. The van der Waals surface area contributed by atoms with E-state index >= 15 is 0 Å². The lowest BCUT2D eigenvalue weighted by Crippen LogP contribution is -2.23. The highest BCUT2D eigenvalue weighted by molar-refractivity contribution is 14.0. The van der Waals surface area contributed by atoms with Crippen LogP contribution < -0.4 is 20.5 Å². The largest absolute Gasteiger partial charge is 0.497 e. The van der Waals surface area contributed by atoms with Crippen LogP contribution in [-0.2, 0) is 0 Å². The molecule has 7 heteroatoms. The molecule has 0 aliphatic carbocycles. The van der Waals surface area contributed by atoms with Gasteiger partial charge in [0.15, 0.2) is 5.96 Å². The lowest BCUT2D eigenvalue weighted by Gasteiger charge is -2.08. The van der Waals surface area contributed by atoms with Crippen LogP contribution in [0.3, 0.4) is 0 Å². The zero-order chi connectivity index (χ0) is 15.8. The van der Waals surface area contributed by atoms with Gasteiger partial charge in [0.25, 0.3) is 0 Å². The molecule has 0 unspecified atom stereocenters. The number of aliphatic imine (C=N–C) groups is 1. The highest BCUT2D eigenvalue weighted by atomic mass is 127. The first-order valence-corrected chi connectivity index (χ1v) is 7.14. The Labute approximate surface area is 157 Å². The van der Waals surface area contributed by atoms with Gasteiger partial charge in [0.2, 0.25) is 0 Å². The highest BCUT2D eigenvalue weighted by Gasteiger charge is 1.98. The van der Waals surface area contributed by atoms with Gasteiger partial charge in [-0.1, -0.05) is 17.7 Å². The monoisotopic (exact) mass is 447 g/mol. The first-order chi connectivity index (χ1) is 10.7. The minimum Gasteiger partial charge on any atom is -0.497 e. The molecule has 0 aromatic heterocycles. The molecule has 23 heavy (non-hydrogen) atoms. The van der Waals surface area contributed by atoms with E-state index in [1.165, 1.54) is 0 Å². The summed E-state index contributed by atoms with van der Waals surface area (Å²) in [5.74, 6) is 1.83. The molecular weight excluding hydrogens is 429 g/mol. The van der Waals surface area contributed by atoms with Crippen LogP contribution in [0.25, 0.3) is 0 Å². The summed E-state index contributed by atoms with van der Waals surface area (Å²) in [6, 6.07) is 14.6. The number of nitrogens with two attached hydrogens (primary N) is 1. The Kier molecular flexibility index (Phi) is 8.57. The molecule has 0 aliphatic rings. The van der Waals surface area contributed by atoms with Crippen molar-refractivity contribution in [3.05, 3.63) is 53.6 Å². The topological polar surface area (TPSA) is 68.9 Å². The lowest BCUT2D eigenvalue weighted by molar-refractivity contribution is 0.329. The number of anilines is 1. The Hall–Kier alpha value is -1.67. The van der Waals surface area contributed by atoms with Gasteiger partial charge in [-0.05, 0) is 36.4 Å². The second-order valence-electron chi connectivity index (χ2n) is 4.43. The predicted octanol–water partition coefficient (Wildman–Crippen LogP) is 3.77. The fourth-order valence-corrected chi connectivity index (χ4v) is 1.87. The maximum absolute atomic E-state index is 5.82. The van der Waals surface area contributed by atoms with Crippen LogP contribution in [0.1, 0.15) is 0 Å². The Morgan fingerprint density at radius 3 is 2.61 bits per heavy atom. The van der Waals surface area contributed by atoms with Crippen LogP contribution in [0.15, 0.2) is 53.5 Å². The standard InChI is InChI=1S/C16H18ClN3O2.HI/c1-21-15-4-2-3-13(11-15)20-16(18)19-9-10-22-14-7-5-12(17)6-8-14;/h2-8,11H,9-10H2,1H3,(H3,18,19,20);1H. The van der Waals surface area contributed by atoms with Crippen LogP contribution in [0.2, 0.25) is 5.02 Å². The summed E-state index contributed by atoms with van der Waals surface area (Å²) in [5, 5.41) is 3.68. The quantitative estimate of drug-likeness (QED) is 0.306. The molecule has 0 radical (unpaired) electrons. The van der Waals surface area contributed by atoms with Gasteiger partial charge in [-0.3, -0.25) is 0 Å². The number of nitrogens with zero attached hydrogens (tertiary/aromatic N) is 1. The highest BCUT2D eigenvalue weighted by Crippen LogP contribution is 2.16. The molecule has 0 saturated heterocycles. The van der Waals surface area contributed by atoms with Crippen molar-refractivity contribution < 1.29 is 9.47 Å². The molecule has 0 aliphatic heterocycles. The molecule has 0 atom stereocenters. The molecule has 0 fully saturated rings. The number of hydrogen-bond donors (Lipinski definition) is 2. The molecule has 0 saturated carbocycles. The van der Waals surface area contributed by atoms with E-state index in [1.54, 1.807) is 19.2 Å². The second kappa shape index (κ2) is 10.2. The van der Waals surface area contributed by atoms with E-state index in [2.05, 4.69) is 10.3 Å². The van der Waals surface area contributed by atoms with Crippen molar-refractivity contribution >= 4 is 47.2 Å². The maximum Gasteiger partial charge on any atom is 0.193 e. The second-order valence-corrected chi connectivity index (χ2v) is 4.86. The van der Waals surface area contributed by atoms with Crippen LogP contribution in [-0.4, -0.2) is 26.2 Å². The lowest BCUT2D eigenvalue weighted by atomic mass is 10.3. The van der Waals surface area contributed by atoms with Crippen LogP contribution in [0, 0.1) is 0 Å². The summed E-state index contributed by atoms with van der Waals surface area (Å²) in [4.78, 5) is 4.20. The Morgan fingerprint density at radius 1 is 1.17 bits per heavy atom. The van der Waals surface area contributed by atoms with Crippen LogP contribution >= 0.6 is 35.6 Å². The van der Waals surface area contributed by atoms with Gasteiger partial charge in [-0.15, -0.1) is 24.0 Å². The summed E-state index contributed by atoms with van der Waals surface area (Å²) in [6.45, 7) is 0.882. The molecule has 0 amide bonds. The zero-order valence-corrected chi connectivity index (χ0v) is 15.7. The van der Waals surface area contributed by atoms with Crippen molar-refractivity contribution in [1.82, 2.24) is 0 Å². The minimum absolute atomic E-state index is 0. The molecule has 0 bridgehead atoms. The SMILES string of the molecule is COc1cccc(NC(N)=NCCOc2ccc(Cl)cc2)c1.I. The van der Waals surface area contributed by atoms with E-state index in [0.29, 0.717) is 24.1 Å². The summed E-state index contributed by atoms with van der Waals surface area (Å²) in [5.41, 5.74) is 6.64. The van der Waals surface area contributed by atoms with E-state index < -0.39 is 0 Å². The number of rotatable bonds is 6. The van der Waals surface area contributed by atoms with Crippen molar-refractivity contribution in [2.45, 2.75) is 0 Å². The van der Waals surface area contributed by atoms with Crippen LogP contribution in [0.5, 0.6) is 11.5 Å². The Bertz CT molecular complexity index is 635. The third kappa shape index (κ3) is 6.96. The zero-order valence-electron chi connectivity index (χ0n) is 12.7. The first kappa shape index (κ1) is 19.4. The van der Waals surface area contributed by atoms with Crippen molar-refractivity contribution in [3.8, 4) is 11.5 Å². The predicted molar refractivity (Wildman–Crippen MR) is 105 cm³/mol. The fourth-order valence-electron chi connectivity index (χ4n) is 1.75. The molecule has 3 N–H and O–H groups in total. The van der Waals surface area contributed by atoms with Crippen LogP contribution in [0.4, 0.5) is 5.69 Å². The molecule has 2 aromatic rings. The van der Waals surface area contributed by atoms with E-state index in [4.69, 9.17) is 26.8 Å². The first-order valence-electron chi connectivity index (χ1n) is 6.77. The third-order valence-corrected chi connectivity index (χ3v) is 3.05. The molecule has 2 rings (SSSR count). The molecule has 0 heterocycles. The molecule has 2 aromatic carbocycles. The Morgan fingerprint density at radius 2 is 1.91 bits per heavy atom. The Balaban J connectivity index is 0.00000264. The number of methoxy groups -OCH3 is 1. The third-order valence-electron chi connectivity index (χ3n) is 2.80. The average molecular weight is 448 g/mol. The number of ether oxygens (including phenoxy) is 2. The van der Waals surface area contributed by atoms with Crippen molar-refractivity contribution in [3.63, 3.8) is 0 Å². The summed E-state index contributed by atoms with van der Waals surface area (Å²) < 4.78 is 10.7.